The number of ether oxygens (including phenoxy) is 1. The van der Waals surface area contributed by atoms with E-state index < -0.39 is 17.1 Å². The van der Waals surface area contributed by atoms with Crippen LogP contribution in [0.15, 0.2) is 68.4 Å². The average Bonchev–Trinajstić information content (AvgIpc) is 3.07. The SMILES string of the molecule is Cc1cccc(NC(=O)CN2C(=O)S/C(=C/c3cc(Br)c(OCc4ccc(Cl)cc4Cl)c(Br)c3)C2=O)c1. The lowest BCUT2D eigenvalue weighted by molar-refractivity contribution is -0.127. The highest BCUT2D eigenvalue weighted by atomic mass is 79.9. The average molecular weight is 685 g/mol. The van der Waals surface area contributed by atoms with E-state index in [0.717, 1.165) is 27.8 Å². The van der Waals surface area contributed by atoms with E-state index in [1.54, 1.807) is 48.5 Å². The van der Waals surface area contributed by atoms with E-state index in [0.29, 0.717) is 36.0 Å². The number of hydrogen-bond acceptors (Lipinski definition) is 5. The van der Waals surface area contributed by atoms with Crippen molar-refractivity contribution in [1.82, 2.24) is 4.90 Å². The molecule has 3 amide bonds. The van der Waals surface area contributed by atoms with Crippen molar-refractivity contribution >= 4 is 95.6 Å². The number of hydrogen-bond donors (Lipinski definition) is 1. The standard InChI is InChI=1S/C26H18Br2Cl2N2O4S/c1-14-3-2-4-18(7-14)31-23(33)12-32-25(34)22(37-26(32)35)10-15-8-19(27)24(20(28)9-15)36-13-16-5-6-17(29)11-21(16)30/h2-11H,12-13H2,1H3,(H,31,33)/b22-10+. The molecule has 1 heterocycles. The third-order valence-corrected chi connectivity index (χ3v) is 7.86. The summed E-state index contributed by atoms with van der Waals surface area (Å²) in [6.45, 7) is 1.75. The molecule has 1 aliphatic heterocycles. The Labute approximate surface area is 244 Å². The summed E-state index contributed by atoms with van der Waals surface area (Å²) < 4.78 is 7.20. The molecule has 0 saturated carbocycles. The molecule has 4 rings (SSSR count). The van der Waals surface area contributed by atoms with E-state index in [1.807, 2.05) is 19.1 Å². The van der Waals surface area contributed by atoms with Crippen molar-refractivity contribution in [3.63, 3.8) is 0 Å². The fourth-order valence-corrected chi connectivity index (χ4v) is 6.20. The van der Waals surface area contributed by atoms with Crippen LogP contribution in [0, 0.1) is 6.92 Å². The van der Waals surface area contributed by atoms with Crippen molar-refractivity contribution in [1.29, 1.82) is 0 Å². The van der Waals surface area contributed by atoms with Gasteiger partial charge in [0.1, 0.15) is 18.9 Å². The van der Waals surface area contributed by atoms with Crippen LogP contribution in [0.4, 0.5) is 10.5 Å². The number of nitrogens with one attached hydrogen (secondary N) is 1. The smallest absolute Gasteiger partial charge is 0.294 e. The Balaban J connectivity index is 1.44. The van der Waals surface area contributed by atoms with Crippen LogP contribution < -0.4 is 10.1 Å². The third kappa shape index (κ3) is 6.97. The summed E-state index contributed by atoms with van der Waals surface area (Å²) in [6, 6.07) is 16.0. The molecule has 1 aliphatic rings. The van der Waals surface area contributed by atoms with E-state index in [4.69, 9.17) is 27.9 Å². The predicted molar refractivity (Wildman–Crippen MR) is 155 cm³/mol. The number of rotatable bonds is 7. The molecule has 190 valence electrons. The predicted octanol–water partition coefficient (Wildman–Crippen LogP) is 8.08. The van der Waals surface area contributed by atoms with Gasteiger partial charge in [0, 0.05) is 21.3 Å². The van der Waals surface area contributed by atoms with Gasteiger partial charge < -0.3 is 10.1 Å². The first kappa shape index (κ1) is 27.7. The number of anilines is 1. The molecule has 11 heteroatoms. The summed E-state index contributed by atoms with van der Waals surface area (Å²) in [4.78, 5) is 38.9. The molecule has 3 aromatic carbocycles. The Morgan fingerprint density at radius 2 is 1.81 bits per heavy atom. The Bertz CT molecular complexity index is 1420. The van der Waals surface area contributed by atoms with Crippen LogP contribution in [0.25, 0.3) is 6.08 Å². The molecule has 0 bridgehead atoms. The maximum absolute atomic E-state index is 12.9. The molecule has 37 heavy (non-hydrogen) atoms. The summed E-state index contributed by atoms with van der Waals surface area (Å²) in [5.74, 6) is -0.439. The van der Waals surface area contributed by atoms with Crippen molar-refractivity contribution < 1.29 is 19.1 Å². The van der Waals surface area contributed by atoms with Crippen LogP contribution in [0.1, 0.15) is 16.7 Å². The molecule has 0 unspecified atom stereocenters. The van der Waals surface area contributed by atoms with Crippen molar-refractivity contribution in [2.24, 2.45) is 0 Å². The van der Waals surface area contributed by atoms with Gasteiger partial charge in [0.15, 0.2) is 0 Å². The maximum Gasteiger partial charge on any atom is 0.294 e. The van der Waals surface area contributed by atoms with E-state index in [1.165, 1.54) is 0 Å². The molecule has 1 fully saturated rings. The summed E-state index contributed by atoms with van der Waals surface area (Å²) in [7, 11) is 0. The minimum absolute atomic E-state index is 0.216. The lowest BCUT2D eigenvalue weighted by Gasteiger charge is -2.13. The van der Waals surface area contributed by atoms with E-state index in [9.17, 15) is 14.4 Å². The summed E-state index contributed by atoms with van der Waals surface area (Å²) in [5.41, 5.74) is 3.01. The number of imide groups is 1. The quantitative estimate of drug-likeness (QED) is 0.255. The van der Waals surface area contributed by atoms with Gasteiger partial charge in [-0.05, 0) is 104 Å². The lowest BCUT2D eigenvalue weighted by atomic mass is 10.2. The third-order valence-electron chi connectivity index (χ3n) is 5.18. The Morgan fingerprint density at radius 3 is 2.49 bits per heavy atom. The van der Waals surface area contributed by atoms with Crippen molar-refractivity contribution in [3.05, 3.63) is 95.2 Å². The van der Waals surface area contributed by atoms with Crippen LogP contribution in [0.2, 0.25) is 10.0 Å². The van der Waals surface area contributed by atoms with Crippen LogP contribution in [-0.2, 0) is 16.2 Å². The molecule has 0 radical (unpaired) electrons. The summed E-state index contributed by atoms with van der Waals surface area (Å²) >= 11 is 20.0. The van der Waals surface area contributed by atoms with Gasteiger partial charge >= 0.3 is 0 Å². The molecule has 3 aromatic rings. The zero-order chi connectivity index (χ0) is 26.7. The lowest BCUT2D eigenvalue weighted by Crippen LogP contribution is -2.36. The first-order valence-corrected chi connectivity index (χ1v) is 13.9. The molecule has 6 nitrogen and oxygen atoms in total. The van der Waals surface area contributed by atoms with Gasteiger partial charge in [0.25, 0.3) is 11.1 Å². The fourth-order valence-electron chi connectivity index (χ4n) is 3.44. The van der Waals surface area contributed by atoms with E-state index in [2.05, 4.69) is 37.2 Å². The highest BCUT2D eigenvalue weighted by Gasteiger charge is 2.36. The summed E-state index contributed by atoms with van der Waals surface area (Å²) in [6.07, 6.45) is 1.60. The Hall–Kier alpha value is -2.30. The molecular weight excluding hydrogens is 667 g/mol. The van der Waals surface area contributed by atoms with Crippen LogP contribution in [0.3, 0.4) is 0 Å². The number of thioether (sulfide) groups is 1. The van der Waals surface area contributed by atoms with Crippen LogP contribution >= 0.6 is 66.8 Å². The fraction of sp³-hybridized carbons (Fsp3) is 0.115. The number of nitrogens with zero attached hydrogens (tertiary/aromatic N) is 1. The number of aryl methyl sites for hydroxylation is 1. The van der Waals surface area contributed by atoms with Crippen LogP contribution in [-0.4, -0.2) is 28.5 Å². The summed E-state index contributed by atoms with van der Waals surface area (Å²) in [5, 5.41) is 3.24. The largest absolute Gasteiger partial charge is 0.486 e. The Morgan fingerprint density at radius 1 is 1.08 bits per heavy atom. The first-order chi connectivity index (χ1) is 17.6. The van der Waals surface area contributed by atoms with Gasteiger partial charge in [-0.15, -0.1) is 0 Å². The number of amides is 3. The number of halogens is 4. The molecular formula is C26H18Br2Cl2N2O4S. The molecule has 1 N–H and O–H groups in total. The highest BCUT2D eigenvalue weighted by Crippen LogP contribution is 2.38. The van der Waals surface area contributed by atoms with Crippen molar-refractivity contribution in [3.8, 4) is 5.75 Å². The second-order valence-corrected chi connectivity index (χ2v) is 11.6. The molecule has 1 saturated heterocycles. The van der Waals surface area contributed by atoms with Gasteiger partial charge in [-0.3, -0.25) is 19.3 Å². The van der Waals surface area contributed by atoms with Gasteiger partial charge in [-0.1, -0.05) is 41.4 Å². The second kappa shape index (κ2) is 12.0. The number of carbonyl (C=O) groups excluding carboxylic acids is 3. The zero-order valence-corrected chi connectivity index (χ0v) is 24.7. The van der Waals surface area contributed by atoms with Crippen molar-refractivity contribution in [2.75, 3.05) is 11.9 Å². The normalized spacial score (nSPS) is 14.4. The second-order valence-electron chi connectivity index (χ2n) is 8.02. The van der Waals surface area contributed by atoms with Gasteiger partial charge in [0.2, 0.25) is 5.91 Å². The van der Waals surface area contributed by atoms with Gasteiger partial charge in [-0.2, -0.15) is 0 Å². The number of benzene rings is 3. The Kier molecular flexibility index (Phi) is 9.03. The van der Waals surface area contributed by atoms with Crippen molar-refractivity contribution in [2.45, 2.75) is 13.5 Å². The van der Waals surface area contributed by atoms with Gasteiger partial charge in [-0.25, -0.2) is 0 Å². The molecule has 0 aromatic heterocycles. The minimum atomic E-state index is -0.528. The van der Waals surface area contributed by atoms with E-state index >= 15 is 0 Å². The topological polar surface area (TPSA) is 75.7 Å². The van der Waals surface area contributed by atoms with Crippen LogP contribution in [0.5, 0.6) is 5.75 Å². The first-order valence-electron chi connectivity index (χ1n) is 10.8. The molecule has 0 spiro atoms. The molecule has 0 atom stereocenters. The highest BCUT2D eigenvalue weighted by molar-refractivity contribution is 9.11. The number of carbonyl (C=O) groups is 3. The molecule has 0 aliphatic carbocycles. The minimum Gasteiger partial charge on any atom is -0.486 e. The zero-order valence-electron chi connectivity index (χ0n) is 19.2. The van der Waals surface area contributed by atoms with Gasteiger partial charge in [0.05, 0.1) is 13.9 Å². The van der Waals surface area contributed by atoms with E-state index in [-0.39, 0.29) is 18.1 Å². The monoisotopic (exact) mass is 682 g/mol. The maximum atomic E-state index is 12.9.